The summed E-state index contributed by atoms with van der Waals surface area (Å²) in [4.78, 5) is 31.5. The number of ether oxygens (including phenoxy) is 1. The third kappa shape index (κ3) is 5.83. The van der Waals surface area contributed by atoms with E-state index in [1.165, 1.54) is 0 Å². The number of nitrogens with zero attached hydrogens (tertiary/aromatic N) is 2. The number of carbonyl (C=O) groups excluding carboxylic acids is 2. The zero-order valence-corrected chi connectivity index (χ0v) is 20.0. The molecule has 0 spiro atoms. The summed E-state index contributed by atoms with van der Waals surface area (Å²) in [5.74, 6) is 0.355. The normalized spacial score (nSPS) is 14.9. The summed E-state index contributed by atoms with van der Waals surface area (Å²) in [7, 11) is 0. The fraction of sp³-hybridized carbons (Fsp3) is 0.320. The second kappa shape index (κ2) is 10.9. The Bertz CT molecular complexity index is 1070. The molecule has 0 bridgehead atoms. The number of likely N-dealkylation sites (tertiary alicyclic amines) is 1. The summed E-state index contributed by atoms with van der Waals surface area (Å²) in [6, 6.07) is 17.2. The molecular formula is C25H26IN3O3. The molecule has 1 aliphatic heterocycles. The molecule has 32 heavy (non-hydrogen) atoms. The van der Waals surface area contributed by atoms with E-state index in [0.29, 0.717) is 12.3 Å². The zero-order valence-electron chi connectivity index (χ0n) is 17.8. The molecule has 1 N–H and O–H groups in total. The van der Waals surface area contributed by atoms with Crippen LogP contribution in [0.4, 0.5) is 10.5 Å². The van der Waals surface area contributed by atoms with Crippen molar-refractivity contribution >= 4 is 51.1 Å². The number of amides is 1. The molecule has 0 radical (unpaired) electrons. The summed E-state index contributed by atoms with van der Waals surface area (Å²) < 4.78 is 6.50. The van der Waals surface area contributed by atoms with Gasteiger partial charge in [-0.2, -0.15) is 0 Å². The van der Waals surface area contributed by atoms with Gasteiger partial charge in [-0.05, 0) is 91.3 Å². The van der Waals surface area contributed by atoms with Gasteiger partial charge in [-0.15, -0.1) is 0 Å². The Hall–Kier alpha value is -2.52. The minimum atomic E-state index is -0.455. The molecule has 1 aliphatic rings. The highest BCUT2D eigenvalue weighted by molar-refractivity contribution is 14.1. The number of carbonyl (C=O) groups is 2. The van der Waals surface area contributed by atoms with Crippen LogP contribution >= 0.6 is 22.6 Å². The van der Waals surface area contributed by atoms with Gasteiger partial charge in [-0.3, -0.25) is 15.1 Å². The fourth-order valence-corrected chi connectivity index (χ4v) is 4.44. The minimum Gasteiger partial charge on any atom is -0.449 e. The van der Waals surface area contributed by atoms with Crippen LogP contribution in [0.5, 0.6) is 0 Å². The van der Waals surface area contributed by atoms with Gasteiger partial charge in [0.2, 0.25) is 0 Å². The van der Waals surface area contributed by atoms with Crippen LogP contribution in [0, 0.1) is 9.49 Å². The average Bonchev–Trinajstić information content (AvgIpc) is 2.82. The van der Waals surface area contributed by atoms with Crippen molar-refractivity contribution in [3.05, 3.63) is 69.9 Å². The Balaban J connectivity index is 1.16. The highest BCUT2D eigenvalue weighted by Crippen LogP contribution is 2.23. The molecule has 4 rings (SSSR count). The molecular weight excluding hydrogens is 517 g/mol. The number of benzene rings is 2. The van der Waals surface area contributed by atoms with E-state index in [9.17, 15) is 9.59 Å². The number of pyridine rings is 1. The predicted octanol–water partition coefficient (Wildman–Crippen LogP) is 5.37. The Morgan fingerprint density at radius 1 is 1.06 bits per heavy atom. The molecule has 1 fully saturated rings. The van der Waals surface area contributed by atoms with E-state index in [-0.39, 0.29) is 11.7 Å². The van der Waals surface area contributed by atoms with Crippen LogP contribution in [0.2, 0.25) is 0 Å². The van der Waals surface area contributed by atoms with Crippen LogP contribution in [0.1, 0.15) is 29.6 Å². The van der Waals surface area contributed by atoms with Crippen LogP contribution in [-0.4, -0.2) is 48.0 Å². The van der Waals surface area contributed by atoms with Gasteiger partial charge in [0.05, 0.1) is 17.8 Å². The second-order valence-corrected chi connectivity index (χ2v) is 9.22. The van der Waals surface area contributed by atoms with Crippen LogP contribution in [0.15, 0.2) is 60.8 Å². The maximum Gasteiger partial charge on any atom is 0.411 e. The molecule has 2 aromatic carbocycles. The molecule has 2 heterocycles. The standard InChI is InChI=1S/C25H26IN3O3/c26-20-9-7-18(8-10-20)24(30)19-11-15-29(16-12-19)14-3-17-32-25(31)28-23-6-1-5-22-21(23)4-2-13-27-22/h1-2,4-10,13,19H,3,11-12,14-17H2,(H,28,31). The smallest absolute Gasteiger partial charge is 0.411 e. The fourth-order valence-electron chi connectivity index (χ4n) is 4.08. The van der Waals surface area contributed by atoms with Crippen LogP contribution < -0.4 is 5.32 Å². The molecule has 1 saturated heterocycles. The Labute approximate surface area is 201 Å². The number of piperidine rings is 1. The third-order valence-electron chi connectivity index (χ3n) is 5.82. The van der Waals surface area contributed by atoms with E-state index in [0.717, 1.165) is 58.9 Å². The number of fused-ring (bicyclic) bond motifs is 1. The highest BCUT2D eigenvalue weighted by Gasteiger charge is 2.25. The molecule has 0 saturated carbocycles. The van der Waals surface area contributed by atoms with E-state index < -0.39 is 6.09 Å². The lowest BCUT2D eigenvalue weighted by molar-refractivity contribution is 0.0830. The van der Waals surface area contributed by atoms with Crippen molar-refractivity contribution in [3.8, 4) is 0 Å². The summed E-state index contributed by atoms with van der Waals surface area (Å²) in [5, 5.41) is 3.69. The number of aromatic nitrogens is 1. The van der Waals surface area contributed by atoms with E-state index in [1.54, 1.807) is 6.20 Å². The van der Waals surface area contributed by atoms with Gasteiger partial charge in [0.25, 0.3) is 0 Å². The van der Waals surface area contributed by atoms with Gasteiger partial charge in [-0.1, -0.05) is 18.2 Å². The number of hydrogen-bond acceptors (Lipinski definition) is 5. The van der Waals surface area contributed by atoms with Crippen molar-refractivity contribution in [1.82, 2.24) is 9.88 Å². The summed E-state index contributed by atoms with van der Waals surface area (Å²) in [6.45, 7) is 3.01. The van der Waals surface area contributed by atoms with E-state index in [4.69, 9.17) is 4.74 Å². The first-order chi connectivity index (χ1) is 15.6. The predicted molar refractivity (Wildman–Crippen MR) is 134 cm³/mol. The quantitative estimate of drug-likeness (QED) is 0.247. The molecule has 6 nitrogen and oxygen atoms in total. The lowest BCUT2D eigenvalue weighted by atomic mass is 9.89. The molecule has 1 aromatic heterocycles. The van der Waals surface area contributed by atoms with Crippen LogP contribution in [0.25, 0.3) is 10.9 Å². The summed E-state index contributed by atoms with van der Waals surface area (Å²) in [5.41, 5.74) is 2.33. The van der Waals surface area contributed by atoms with Crippen LogP contribution in [0.3, 0.4) is 0 Å². The van der Waals surface area contributed by atoms with E-state index in [1.807, 2.05) is 54.6 Å². The van der Waals surface area contributed by atoms with E-state index >= 15 is 0 Å². The third-order valence-corrected chi connectivity index (χ3v) is 6.54. The maximum absolute atomic E-state index is 12.7. The number of ketones is 1. The van der Waals surface area contributed by atoms with Gasteiger partial charge in [0, 0.05) is 33.2 Å². The molecule has 0 unspecified atom stereocenters. The van der Waals surface area contributed by atoms with Crippen molar-refractivity contribution in [3.63, 3.8) is 0 Å². The van der Waals surface area contributed by atoms with Gasteiger partial charge in [-0.25, -0.2) is 4.79 Å². The number of anilines is 1. The van der Waals surface area contributed by atoms with Crippen LogP contribution in [-0.2, 0) is 4.74 Å². The first-order valence-corrected chi connectivity index (χ1v) is 12.0. The number of Topliss-reactive ketones (excluding diaryl/α,β-unsaturated/α-hetero) is 1. The molecule has 3 aromatic rings. The first kappa shape index (κ1) is 22.7. The van der Waals surface area contributed by atoms with Crippen molar-refractivity contribution in [1.29, 1.82) is 0 Å². The average molecular weight is 543 g/mol. The Morgan fingerprint density at radius 2 is 1.84 bits per heavy atom. The van der Waals surface area contributed by atoms with Gasteiger partial charge in [0.15, 0.2) is 5.78 Å². The molecule has 0 aliphatic carbocycles. The van der Waals surface area contributed by atoms with Crippen molar-refractivity contribution < 1.29 is 14.3 Å². The number of hydrogen-bond donors (Lipinski definition) is 1. The lowest BCUT2D eigenvalue weighted by Crippen LogP contribution is -2.37. The van der Waals surface area contributed by atoms with E-state index in [2.05, 4.69) is 37.8 Å². The Kier molecular flexibility index (Phi) is 7.70. The van der Waals surface area contributed by atoms with Crippen molar-refractivity contribution in [2.75, 3.05) is 31.6 Å². The largest absolute Gasteiger partial charge is 0.449 e. The monoisotopic (exact) mass is 543 g/mol. The molecule has 7 heteroatoms. The highest BCUT2D eigenvalue weighted by atomic mass is 127. The topological polar surface area (TPSA) is 71.5 Å². The Morgan fingerprint density at radius 3 is 2.62 bits per heavy atom. The van der Waals surface area contributed by atoms with Crippen molar-refractivity contribution in [2.24, 2.45) is 5.92 Å². The van der Waals surface area contributed by atoms with Gasteiger partial charge in [0.1, 0.15) is 0 Å². The van der Waals surface area contributed by atoms with Gasteiger partial charge < -0.3 is 9.64 Å². The molecule has 166 valence electrons. The number of halogens is 1. The number of rotatable bonds is 7. The molecule has 1 amide bonds. The summed E-state index contributed by atoms with van der Waals surface area (Å²) >= 11 is 2.25. The number of nitrogens with one attached hydrogen (secondary N) is 1. The zero-order chi connectivity index (χ0) is 22.3. The van der Waals surface area contributed by atoms with Crippen molar-refractivity contribution in [2.45, 2.75) is 19.3 Å². The minimum absolute atomic E-state index is 0.100. The first-order valence-electron chi connectivity index (χ1n) is 10.9. The van der Waals surface area contributed by atoms with Gasteiger partial charge >= 0.3 is 6.09 Å². The summed E-state index contributed by atoms with van der Waals surface area (Å²) in [6.07, 6.45) is 3.79. The second-order valence-electron chi connectivity index (χ2n) is 7.98. The SMILES string of the molecule is O=C(Nc1cccc2ncccc12)OCCCN1CCC(C(=O)c2ccc(I)cc2)CC1. The maximum atomic E-state index is 12.7. The molecule has 0 atom stereocenters. The lowest BCUT2D eigenvalue weighted by Gasteiger charge is -2.31.